The van der Waals surface area contributed by atoms with Crippen molar-refractivity contribution in [3.05, 3.63) is 17.8 Å². The Balaban J connectivity index is 2.18. The minimum Gasteiger partial charge on any atom is -0.480 e. The van der Waals surface area contributed by atoms with Gasteiger partial charge in [0.15, 0.2) is 0 Å². The van der Waals surface area contributed by atoms with Crippen LogP contribution in [0.25, 0.3) is 0 Å². The van der Waals surface area contributed by atoms with Crippen LogP contribution in [-0.2, 0) is 0 Å². The van der Waals surface area contributed by atoms with Gasteiger partial charge in [-0.05, 0) is 30.2 Å². The van der Waals surface area contributed by atoms with Crippen molar-refractivity contribution in [2.45, 2.75) is 26.2 Å². The van der Waals surface area contributed by atoms with E-state index < -0.39 is 0 Å². The Kier molecular flexibility index (Phi) is 2.40. The number of methoxy groups -OCH3 is 1. The second-order valence-corrected chi connectivity index (χ2v) is 4.25. The van der Waals surface area contributed by atoms with E-state index in [2.05, 4.69) is 24.0 Å². The first kappa shape index (κ1) is 9.44. The van der Waals surface area contributed by atoms with Crippen molar-refractivity contribution in [2.24, 2.45) is 11.8 Å². The Morgan fingerprint density at radius 1 is 1.50 bits per heavy atom. The van der Waals surface area contributed by atoms with Gasteiger partial charge in [-0.2, -0.15) is 5.10 Å². The standard InChI is InChI=1S/C11H16N2O/c1-7(2)9-6-10(9)8-4-5-12-13-11(8)14-3/h4-5,7,9-10H,6H2,1-3H3/t9-,10-/m1/s1. The maximum absolute atomic E-state index is 5.20. The lowest BCUT2D eigenvalue weighted by atomic mass is 10.0. The van der Waals surface area contributed by atoms with Crippen LogP contribution in [0.4, 0.5) is 0 Å². The summed E-state index contributed by atoms with van der Waals surface area (Å²) in [6.07, 6.45) is 3.01. The summed E-state index contributed by atoms with van der Waals surface area (Å²) in [6.45, 7) is 4.54. The Morgan fingerprint density at radius 2 is 2.29 bits per heavy atom. The van der Waals surface area contributed by atoms with Crippen molar-refractivity contribution in [3.8, 4) is 5.88 Å². The highest BCUT2D eigenvalue weighted by molar-refractivity contribution is 5.32. The first-order valence-electron chi connectivity index (χ1n) is 5.09. The number of hydrogen-bond acceptors (Lipinski definition) is 3. The zero-order chi connectivity index (χ0) is 10.1. The SMILES string of the molecule is COc1nnccc1[C@H]1C[C@@H]1C(C)C. The molecule has 2 atom stereocenters. The van der Waals surface area contributed by atoms with Gasteiger partial charge in [0, 0.05) is 5.56 Å². The van der Waals surface area contributed by atoms with E-state index in [1.54, 1.807) is 13.3 Å². The van der Waals surface area contributed by atoms with Crippen LogP contribution < -0.4 is 4.74 Å². The molecule has 3 heteroatoms. The number of ether oxygens (including phenoxy) is 1. The molecule has 0 unspecified atom stereocenters. The van der Waals surface area contributed by atoms with Crippen molar-refractivity contribution < 1.29 is 4.74 Å². The smallest absolute Gasteiger partial charge is 0.236 e. The van der Waals surface area contributed by atoms with Gasteiger partial charge >= 0.3 is 0 Å². The summed E-state index contributed by atoms with van der Waals surface area (Å²) in [7, 11) is 1.65. The molecule has 0 bridgehead atoms. The van der Waals surface area contributed by atoms with Gasteiger partial charge in [-0.1, -0.05) is 13.8 Å². The quantitative estimate of drug-likeness (QED) is 0.736. The average Bonchev–Trinajstić information content (AvgIpc) is 2.97. The van der Waals surface area contributed by atoms with Gasteiger partial charge in [0.1, 0.15) is 0 Å². The van der Waals surface area contributed by atoms with Gasteiger partial charge < -0.3 is 4.74 Å². The molecule has 3 nitrogen and oxygen atoms in total. The molecule has 0 amide bonds. The van der Waals surface area contributed by atoms with Crippen LogP contribution in [0.1, 0.15) is 31.7 Å². The highest BCUT2D eigenvalue weighted by atomic mass is 16.5. The van der Waals surface area contributed by atoms with Gasteiger partial charge in [0.2, 0.25) is 5.88 Å². The fourth-order valence-corrected chi connectivity index (χ4v) is 2.08. The maximum atomic E-state index is 5.20. The van der Waals surface area contributed by atoms with E-state index in [9.17, 15) is 0 Å². The lowest BCUT2D eigenvalue weighted by Gasteiger charge is -2.06. The third-order valence-electron chi connectivity index (χ3n) is 3.01. The van der Waals surface area contributed by atoms with Gasteiger partial charge in [0.05, 0.1) is 13.3 Å². The highest BCUT2D eigenvalue weighted by Crippen LogP contribution is 2.53. The monoisotopic (exact) mass is 192 g/mol. The van der Waals surface area contributed by atoms with Gasteiger partial charge in [0.25, 0.3) is 0 Å². The van der Waals surface area contributed by atoms with Crippen molar-refractivity contribution in [2.75, 3.05) is 7.11 Å². The van der Waals surface area contributed by atoms with E-state index in [4.69, 9.17) is 4.74 Å². The lowest BCUT2D eigenvalue weighted by molar-refractivity contribution is 0.385. The molecule has 0 N–H and O–H groups in total. The van der Waals surface area contributed by atoms with Gasteiger partial charge in [-0.15, -0.1) is 5.10 Å². The third-order valence-corrected chi connectivity index (χ3v) is 3.01. The van der Waals surface area contributed by atoms with E-state index in [0.29, 0.717) is 11.8 Å². The first-order chi connectivity index (χ1) is 6.74. The maximum Gasteiger partial charge on any atom is 0.236 e. The van der Waals surface area contributed by atoms with Crippen LogP contribution in [-0.4, -0.2) is 17.3 Å². The molecule has 1 aliphatic carbocycles. The van der Waals surface area contributed by atoms with E-state index in [1.165, 1.54) is 12.0 Å². The normalized spacial score (nSPS) is 25.1. The molecule has 0 radical (unpaired) electrons. The molecule has 2 rings (SSSR count). The lowest BCUT2D eigenvalue weighted by Crippen LogP contribution is -1.98. The van der Waals surface area contributed by atoms with Crippen molar-refractivity contribution >= 4 is 0 Å². The molecule has 1 heterocycles. The molecule has 1 fully saturated rings. The topological polar surface area (TPSA) is 35.0 Å². The second-order valence-electron chi connectivity index (χ2n) is 4.25. The zero-order valence-electron chi connectivity index (χ0n) is 8.90. The van der Waals surface area contributed by atoms with E-state index >= 15 is 0 Å². The first-order valence-corrected chi connectivity index (χ1v) is 5.09. The molecule has 1 aromatic rings. The Labute approximate surface area is 84.5 Å². The fraction of sp³-hybridized carbons (Fsp3) is 0.636. The molecule has 0 spiro atoms. The van der Waals surface area contributed by atoms with Gasteiger partial charge in [-0.25, -0.2) is 0 Å². The molecule has 0 aliphatic heterocycles. The summed E-state index contributed by atoms with van der Waals surface area (Å²) in [5.41, 5.74) is 1.22. The second kappa shape index (κ2) is 3.56. The number of aromatic nitrogens is 2. The Morgan fingerprint density at radius 3 is 2.86 bits per heavy atom. The Hall–Kier alpha value is -1.12. The minimum absolute atomic E-state index is 0.639. The van der Waals surface area contributed by atoms with Crippen LogP contribution in [0, 0.1) is 11.8 Å². The average molecular weight is 192 g/mol. The largest absolute Gasteiger partial charge is 0.480 e. The Bertz CT molecular complexity index is 325. The van der Waals surface area contributed by atoms with Gasteiger partial charge in [-0.3, -0.25) is 0 Å². The molecule has 0 saturated heterocycles. The predicted molar refractivity (Wildman–Crippen MR) is 54.3 cm³/mol. The number of hydrogen-bond donors (Lipinski definition) is 0. The van der Waals surface area contributed by atoms with Crippen LogP contribution >= 0.6 is 0 Å². The third kappa shape index (κ3) is 1.59. The molecule has 1 aliphatic rings. The summed E-state index contributed by atoms with van der Waals surface area (Å²) in [4.78, 5) is 0. The van der Waals surface area contributed by atoms with Crippen molar-refractivity contribution in [1.82, 2.24) is 10.2 Å². The van der Waals surface area contributed by atoms with Crippen LogP contribution in [0.2, 0.25) is 0 Å². The van der Waals surface area contributed by atoms with Crippen molar-refractivity contribution in [1.29, 1.82) is 0 Å². The van der Waals surface area contributed by atoms with Crippen LogP contribution in [0.15, 0.2) is 12.3 Å². The summed E-state index contributed by atoms with van der Waals surface area (Å²) >= 11 is 0. The number of rotatable bonds is 3. The highest BCUT2D eigenvalue weighted by Gasteiger charge is 2.42. The summed E-state index contributed by atoms with van der Waals surface area (Å²) < 4.78 is 5.20. The fourth-order valence-electron chi connectivity index (χ4n) is 2.08. The van der Waals surface area contributed by atoms with Crippen LogP contribution in [0.5, 0.6) is 5.88 Å². The minimum atomic E-state index is 0.639. The van der Waals surface area contributed by atoms with E-state index in [0.717, 1.165) is 11.8 Å². The molecule has 14 heavy (non-hydrogen) atoms. The summed E-state index contributed by atoms with van der Waals surface area (Å²) in [6, 6.07) is 2.03. The summed E-state index contributed by atoms with van der Waals surface area (Å²) in [5, 5.41) is 7.80. The molecule has 76 valence electrons. The summed E-state index contributed by atoms with van der Waals surface area (Å²) in [5.74, 6) is 2.88. The molecular weight excluding hydrogens is 176 g/mol. The zero-order valence-corrected chi connectivity index (χ0v) is 8.90. The molecule has 1 aromatic heterocycles. The van der Waals surface area contributed by atoms with E-state index in [1.807, 2.05) is 6.07 Å². The molecule has 0 aromatic carbocycles. The van der Waals surface area contributed by atoms with Crippen LogP contribution in [0.3, 0.4) is 0 Å². The molecule has 1 saturated carbocycles. The number of nitrogens with zero attached hydrogens (tertiary/aromatic N) is 2. The van der Waals surface area contributed by atoms with E-state index in [-0.39, 0.29) is 0 Å². The van der Waals surface area contributed by atoms with Crippen molar-refractivity contribution in [3.63, 3.8) is 0 Å². The predicted octanol–water partition coefficient (Wildman–Crippen LogP) is 2.24. The molecular formula is C11H16N2O.